The van der Waals surface area contributed by atoms with Crippen molar-refractivity contribution in [2.24, 2.45) is 0 Å². The maximum atomic E-state index is 2.55. The fraction of sp³-hybridized carbons (Fsp3) is 0.364. The lowest BCUT2D eigenvalue weighted by atomic mass is 10.1. The quantitative estimate of drug-likeness (QED) is 0.697. The van der Waals surface area contributed by atoms with E-state index < -0.39 is 0 Å². The number of hydrogen-bond acceptors (Lipinski definition) is 1. The second kappa shape index (κ2) is 10.6. The Morgan fingerprint density at radius 3 is 2.15 bits per heavy atom. The molecule has 0 saturated carbocycles. The SMILES string of the molecule is CC.O.O.c1ccc(Cn2ccc3c(N4CCCCC4)cccc32)cc1. The predicted octanol–water partition coefficient (Wildman–Crippen LogP) is 4.06. The zero-order chi connectivity index (χ0) is 16.8. The van der Waals surface area contributed by atoms with Crippen molar-refractivity contribution in [3.8, 4) is 0 Å². The first-order valence-corrected chi connectivity index (χ1v) is 9.28. The summed E-state index contributed by atoms with van der Waals surface area (Å²) in [4.78, 5) is 2.55. The first-order chi connectivity index (χ1) is 11.9. The summed E-state index contributed by atoms with van der Waals surface area (Å²) in [7, 11) is 0. The van der Waals surface area contributed by atoms with Crippen LogP contribution >= 0.6 is 0 Å². The lowest BCUT2D eigenvalue weighted by molar-refractivity contribution is 0.579. The van der Waals surface area contributed by atoms with Crippen molar-refractivity contribution in [2.45, 2.75) is 39.7 Å². The molecule has 0 aliphatic carbocycles. The minimum Gasteiger partial charge on any atom is -0.412 e. The standard InChI is InChI=1S/C20H22N2.C2H6.2H2O/c1-3-8-17(9-4-1)16-22-15-12-18-19(10-7-11-20(18)22)21-13-5-2-6-14-21;1-2;;/h1,3-4,7-12,15H,2,5-6,13-14,16H2;1-2H3;2*1H2. The molecular formula is C22H32N2O2. The zero-order valence-corrected chi connectivity index (χ0v) is 15.9. The van der Waals surface area contributed by atoms with Gasteiger partial charge in [0.1, 0.15) is 0 Å². The van der Waals surface area contributed by atoms with Gasteiger partial charge in [-0.15, -0.1) is 0 Å². The smallest absolute Gasteiger partial charge is 0.0504 e. The van der Waals surface area contributed by atoms with Crippen molar-refractivity contribution in [3.05, 3.63) is 66.4 Å². The number of hydrogen-bond donors (Lipinski definition) is 0. The molecule has 4 nitrogen and oxygen atoms in total. The van der Waals surface area contributed by atoms with Gasteiger partial charge in [0.2, 0.25) is 0 Å². The summed E-state index contributed by atoms with van der Waals surface area (Å²) in [5.41, 5.74) is 4.10. The molecule has 4 N–H and O–H groups in total. The van der Waals surface area contributed by atoms with Crippen LogP contribution in [0.4, 0.5) is 5.69 Å². The molecule has 4 rings (SSSR count). The van der Waals surface area contributed by atoms with Gasteiger partial charge >= 0.3 is 0 Å². The number of anilines is 1. The van der Waals surface area contributed by atoms with Gasteiger partial charge in [0.25, 0.3) is 0 Å². The van der Waals surface area contributed by atoms with E-state index in [-0.39, 0.29) is 11.0 Å². The molecule has 0 radical (unpaired) electrons. The average molecular weight is 357 g/mol. The first kappa shape index (κ1) is 21.7. The number of fused-ring (bicyclic) bond motifs is 1. The monoisotopic (exact) mass is 356 g/mol. The molecule has 142 valence electrons. The first-order valence-electron chi connectivity index (χ1n) is 9.28. The summed E-state index contributed by atoms with van der Waals surface area (Å²) in [5.74, 6) is 0. The summed E-state index contributed by atoms with van der Waals surface area (Å²) in [5, 5.41) is 1.39. The third-order valence-corrected chi connectivity index (χ3v) is 4.68. The van der Waals surface area contributed by atoms with Crippen LogP contribution in [0.1, 0.15) is 38.7 Å². The number of benzene rings is 2. The van der Waals surface area contributed by atoms with Crippen LogP contribution in [0, 0.1) is 0 Å². The van der Waals surface area contributed by atoms with Crippen molar-refractivity contribution in [2.75, 3.05) is 18.0 Å². The molecule has 2 aromatic carbocycles. The summed E-state index contributed by atoms with van der Waals surface area (Å²) in [6.07, 6.45) is 6.24. The Morgan fingerprint density at radius 1 is 0.769 bits per heavy atom. The highest BCUT2D eigenvalue weighted by molar-refractivity contribution is 5.93. The second-order valence-corrected chi connectivity index (χ2v) is 6.19. The topological polar surface area (TPSA) is 71.2 Å². The van der Waals surface area contributed by atoms with Crippen molar-refractivity contribution in [3.63, 3.8) is 0 Å². The molecule has 0 spiro atoms. The van der Waals surface area contributed by atoms with Crippen molar-refractivity contribution in [1.82, 2.24) is 4.57 Å². The van der Waals surface area contributed by atoms with Crippen LogP contribution in [-0.2, 0) is 6.54 Å². The van der Waals surface area contributed by atoms with Gasteiger partial charge in [0.15, 0.2) is 0 Å². The minimum atomic E-state index is 0. The van der Waals surface area contributed by atoms with Crippen LogP contribution in [0.3, 0.4) is 0 Å². The Labute approximate surface area is 156 Å². The third-order valence-electron chi connectivity index (χ3n) is 4.68. The number of piperidine rings is 1. The van der Waals surface area contributed by atoms with E-state index in [0.717, 1.165) is 6.54 Å². The highest BCUT2D eigenvalue weighted by Gasteiger charge is 2.14. The number of rotatable bonds is 3. The second-order valence-electron chi connectivity index (χ2n) is 6.19. The largest absolute Gasteiger partial charge is 0.412 e. The van der Waals surface area contributed by atoms with Gasteiger partial charge in [0, 0.05) is 36.9 Å². The summed E-state index contributed by atoms with van der Waals surface area (Å²) in [6, 6.07) is 19.7. The Morgan fingerprint density at radius 2 is 1.46 bits per heavy atom. The minimum absolute atomic E-state index is 0. The molecule has 0 atom stereocenters. The highest BCUT2D eigenvalue weighted by atomic mass is 16.0. The lowest BCUT2D eigenvalue weighted by Crippen LogP contribution is -2.29. The van der Waals surface area contributed by atoms with Crippen LogP contribution < -0.4 is 4.90 Å². The van der Waals surface area contributed by atoms with Gasteiger partial charge in [-0.25, -0.2) is 0 Å². The average Bonchev–Trinajstić information content (AvgIpc) is 3.08. The number of aromatic nitrogens is 1. The van der Waals surface area contributed by atoms with E-state index in [0.29, 0.717) is 0 Å². The van der Waals surface area contributed by atoms with E-state index in [2.05, 4.69) is 70.3 Å². The van der Waals surface area contributed by atoms with Crippen molar-refractivity contribution in [1.29, 1.82) is 0 Å². The number of nitrogens with zero attached hydrogens (tertiary/aromatic N) is 2. The summed E-state index contributed by atoms with van der Waals surface area (Å²) in [6.45, 7) is 7.33. The van der Waals surface area contributed by atoms with Gasteiger partial charge in [-0.3, -0.25) is 0 Å². The fourth-order valence-corrected chi connectivity index (χ4v) is 3.54. The predicted molar refractivity (Wildman–Crippen MR) is 112 cm³/mol. The van der Waals surface area contributed by atoms with Crippen LogP contribution in [0.5, 0.6) is 0 Å². The Hall–Kier alpha value is -2.30. The molecule has 1 aliphatic heterocycles. The van der Waals surface area contributed by atoms with Crippen molar-refractivity contribution >= 4 is 16.6 Å². The Balaban J connectivity index is 0.000000818. The molecule has 0 bridgehead atoms. The molecule has 0 unspecified atom stereocenters. The maximum absolute atomic E-state index is 2.55. The van der Waals surface area contributed by atoms with Crippen LogP contribution in [0.25, 0.3) is 10.9 Å². The summed E-state index contributed by atoms with van der Waals surface area (Å²) >= 11 is 0. The van der Waals surface area contributed by atoms with Gasteiger partial charge in [-0.2, -0.15) is 0 Å². The van der Waals surface area contributed by atoms with Crippen molar-refractivity contribution < 1.29 is 11.0 Å². The fourth-order valence-electron chi connectivity index (χ4n) is 3.54. The summed E-state index contributed by atoms with van der Waals surface area (Å²) < 4.78 is 2.36. The van der Waals surface area contributed by atoms with Crippen LogP contribution in [0.15, 0.2) is 60.8 Å². The van der Waals surface area contributed by atoms with E-state index in [4.69, 9.17) is 0 Å². The van der Waals surface area contributed by atoms with Crippen LogP contribution in [-0.4, -0.2) is 28.6 Å². The molecule has 2 heterocycles. The van der Waals surface area contributed by atoms with Crippen LogP contribution in [0.2, 0.25) is 0 Å². The molecule has 1 fully saturated rings. The Bertz CT molecular complexity index is 762. The normalized spacial score (nSPS) is 13.2. The molecule has 4 heteroatoms. The maximum Gasteiger partial charge on any atom is 0.0504 e. The molecule has 1 aromatic heterocycles. The van der Waals surface area contributed by atoms with E-state index in [9.17, 15) is 0 Å². The zero-order valence-electron chi connectivity index (χ0n) is 15.9. The van der Waals surface area contributed by atoms with Gasteiger partial charge in [-0.05, 0) is 43.0 Å². The molecule has 1 saturated heterocycles. The molecular weight excluding hydrogens is 324 g/mol. The van der Waals surface area contributed by atoms with Gasteiger partial charge in [-0.1, -0.05) is 50.2 Å². The third kappa shape index (κ3) is 4.65. The molecule has 3 aromatic rings. The van der Waals surface area contributed by atoms with E-state index in [1.54, 1.807) is 0 Å². The van der Waals surface area contributed by atoms with Gasteiger partial charge in [0.05, 0.1) is 5.52 Å². The molecule has 0 amide bonds. The van der Waals surface area contributed by atoms with E-state index in [1.165, 1.54) is 54.5 Å². The highest BCUT2D eigenvalue weighted by Crippen LogP contribution is 2.30. The lowest BCUT2D eigenvalue weighted by Gasteiger charge is -2.29. The molecule has 26 heavy (non-hydrogen) atoms. The van der Waals surface area contributed by atoms with Gasteiger partial charge < -0.3 is 20.4 Å². The van der Waals surface area contributed by atoms with E-state index in [1.807, 2.05) is 13.8 Å². The molecule has 1 aliphatic rings. The Kier molecular flexibility index (Phi) is 8.90. The van der Waals surface area contributed by atoms with E-state index >= 15 is 0 Å².